The quantitative estimate of drug-likeness (QED) is 0.444. The van der Waals surface area contributed by atoms with Gasteiger partial charge < -0.3 is 20.4 Å². The highest BCUT2D eigenvalue weighted by Crippen LogP contribution is 2.27. The number of anilines is 2. The highest BCUT2D eigenvalue weighted by Gasteiger charge is 2.13. The Morgan fingerprint density at radius 1 is 0.455 bits per heavy atom. The number of nitrogens with one attached hydrogen (secondary N) is 2. The first kappa shape index (κ1) is 23.4. The molecule has 2 aliphatic rings. The number of piperazine rings is 2. The number of nitrogens with zero attached hydrogens (tertiary/aromatic N) is 2. The lowest BCUT2D eigenvalue weighted by Gasteiger charge is -2.30. The molecule has 4 aromatic rings. The monoisotopic (exact) mass is 460 g/mol. The van der Waals surface area contributed by atoms with Crippen LogP contribution in [0.1, 0.15) is 0 Å². The lowest BCUT2D eigenvalue weighted by molar-refractivity contribution is 0.590. The topological polar surface area (TPSA) is 30.5 Å². The van der Waals surface area contributed by atoms with E-state index in [1.165, 1.54) is 32.9 Å². The van der Waals surface area contributed by atoms with E-state index in [1.807, 2.05) is 0 Å². The zero-order valence-electron chi connectivity index (χ0n) is 19.0. The highest BCUT2D eigenvalue weighted by atomic mass is 35.5. The Labute approximate surface area is 203 Å². The minimum Gasteiger partial charge on any atom is -0.368 e. The van der Waals surface area contributed by atoms with Gasteiger partial charge in [-0.3, -0.25) is 0 Å². The second kappa shape index (κ2) is 11.4. The summed E-state index contributed by atoms with van der Waals surface area (Å²) < 4.78 is 0. The van der Waals surface area contributed by atoms with E-state index in [4.69, 9.17) is 0 Å². The summed E-state index contributed by atoms with van der Waals surface area (Å²) in [5.41, 5.74) is 2.75. The summed E-state index contributed by atoms with van der Waals surface area (Å²) in [6, 6.07) is 30.4. The predicted octanol–water partition coefficient (Wildman–Crippen LogP) is 4.92. The van der Waals surface area contributed by atoms with Gasteiger partial charge in [0.15, 0.2) is 0 Å². The van der Waals surface area contributed by atoms with Crippen molar-refractivity contribution in [3.8, 4) is 0 Å². The van der Waals surface area contributed by atoms with Crippen molar-refractivity contribution in [1.29, 1.82) is 0 Å². The van der Waals surface area contributed by atoms with Crippen molar-refractivity contribution in [3.05, 3.63) is 84.9 Å². The molecule has 0 aliphatic carbocycles. The minimum atomic E-state index is 0. The Morgan fingerprint density at radius 3 is 1.24 bits per heavy atom. The van der Waals surface area contributed by atoms with Crippen LogP contribution in [0.25, 0.3) is 21.5 Å². The van der Waals surface area contributed by atoms with Gasteiger partial charge in [0.25, 0.3) is 0 Å². The second-order valence-electron chi connectivity index (χ2n) is 8.47. The summed E-state index contributed by atoms with van der Waals surface area (Å²) in [4.78, 5) is 4.94. The van der Waals surface area contributed by atoms with Crippen molar-refractivity contribution in [2.45, 2.75) is 0 Å². The maximum atomic E-state index is 3.39. The summed E-state index contributed by atoms with van der Waals surface area (Å²) in [5, 5.41) is 12.2. The molecule has 2 heterocycles. The number of benzene rings is 4. The standard InChI is InChI=1S/2C14H16N2.ClH/c2*1-2-6-13-12(4-1)5-3-7-14(13)16-10-8-15-9-11-16;/h2*1-7,15H,8-11H2;1H. The minimum absolute atomic E-state index is 0. The van der Waals surface area contributed by atoms with E-state index in [2.05, 4.69) is 105 Å². The third kappa shape index (κ3) is 5.41. The van der Waals surface area contributed by atoms with Crippen LogP contribution < -0.4 is 20.4 Å². The molecule has 2 aliphatic heterocycles. The lowest BCUT2D eigenvalue weighted by atomic mass is 10.1. The van der Waals surface area contributed by atoms with E-state index in [0.717, 1.165) is 52.4 Å². The Morgan fingerprint density at radius 2 is 0.818 bits per heavy atom. The molecule has 0 saturated carbocycles. The van der Waals surface area contributed by atoms with Gasteiger partial charge in [0.1, 0.15) is 0 Å². The van der Waals surface area contributed by atoms with E-state index in [-0.39, 0.29) is 12.4 Å². The molecule has 2 fully saturated rings. The molecule has 172 valence electrons. The smallest absolute Gasteiger partial charge is 0.0446 e. The van der Waals surface area contributed by atoms with Crippen molar-refractivity contribution in [3.63, 3.8) is 0 Å². The molecule has 0 spiro atoms. The van der Waals surface area contributed by atoms with Crippen molar-refractivity contribution in [2.75, 3.05) is 62.2 Å². The van der Waals surface area contributed by atoms with Gasteiger partial charge in [-0.15, -0.1) is 12.4 Å². The molecule has 2 N–H and O–H groups in total. The molecule has 0 unspecified atom stereocenters. The van der Waals surface area contributed by atoms with Crippen LogP contribution in [0, 0.1) is 0 Å². The van der Waals surface area contributed by atoms with Crippen LogP contribution >= 0.6 is 12.4 Å². The third-order valence-electron chi connectivity index (χ3n) is 6.45. The Hall–Kier alpha value is -2.79. The number of hydrogen-bond acceptors (Lipinski definition) is 4. The van der Waals surface area contributed by atoms with Crippen molar-refractivity contribution < 1.29 is 0 Å². The normalized spacial score (nSPS) is 16.1. The molecular weight excluding hydrogens is 428 g/mol. The van der Waals surface area contributed by atoms with Crippen LogP contribution in [0.15, 0.2) is 84.9 Å². The van der Waals surface area contributed by atoms with Crippen LogP contribution in [-0.2, 0) is 0 Å². The third-order valence-corrected chi connectivity index (χ3v) is 6.45. The van der Waals surface area contributed by atoms with E-state index in [9.17, 15) is 0 Å². The molecular formula is C28H33ClN4. The Balaban J connectivity index is 0.000000152. The average Bonchev–Trinajstić information content (AvgIpc) is 2.89. The van der Waals surface area contributed by atoms with E-state index >= 15 is 0 Å². The Bertz CT molecular complexity index is 1060. The van der Waals surface area contributed by atoms with Crippen LogP contribution in [0.4, 0.5) is 11.4 Å². The van der Waals surface area contributed by atoms with Crippen LogP contribution in [0.5, 0.6) is 0 Å². The largest absolute Gasteiger partial charge is 0.368 e. The molecule has 2 saturated heterocycles. The highest BCUT2D eigenvalue weighted by molar-refractivity contribution is 5.95. The molecule has 5 heteroatoms. The first-order valence-corrected chi connectivity index (χ1v) is 11.8. The molecule has 0 amide bonds. The average molecular weight is 461 g/mol. The van der Waals surface area contributed by atoms with Crippen molar-refractivity contribution in [1.82, 2.24) is 10.6 Å². The van der Waals surface area contributed by atoms with Gasteiger partial charge in [-0.05, 0) is 22.9 Å². The number of hydrogen-bond donors (Lipinski definition) is 2. The maximum Gasteiger partial charge on any atom is 0.0446 e. The first-order chi connectivity index (χ1) is 15.9. The fraction of sp³-hybridized carbons (Fsp3) is 0.286. The summed E-state index contributed by atoms with van der Waals surface area (Å²) >= 11 is 0. The Kier molecular flexibility index (Phi) is 8.05. The summed E-state index contributed by atoms with van der Waals surface area (Å²) in [6.45, 7) is 8.77. The van der Waals surface area contributed by atoms with Crippen molar-refractivity contribution in [2.24, 2.45) is 0 Å². The van der Waals surface area contributed by atoms with Gasteiger partial charge >= 0.3 is 0 Å². The molecule has 0 radical (unpaired) electrons. The molecule has 33 heavy (non-hydrogen) atoms. The SMILES string of the molecule is Cl.c1ccc2c(N3CCNCC3)cccc2c1.c1ccc2c(N3CCNCC3)cccc2c1. The van der Waals surface area contributed by atoms with Gasteiger partial charge in [0, 0.05) is 74.5 Å². The maximum absolute atomic E-state index is 3.39. The van der Waals surface area contributed by atoms with Gasteiger partial charge in [0.2, 0.25) is 0 Å². The van der Waals surface area contributed by atoms with E-state index in [0.29, 0.717) is 0 Å². The zero-order chi connectivity index (χ0) is 21.6. The first-order valence-electron chi connectivity index (χ1n) is 11.8. The summed E-state index contributed by atoms with van der Waals surface area (Å²) in [6.07, 6.45) is 0. The fourth-order valence-electron chi connectivity index (χ4n) is 4.78. The second-order valence-corrected chi connectivity index (χ2v) is 8.47. The molecule has 0 aromatic heterocycles. The van der Waals surface area contributed by atoms with Crippen LogP contribution in [0.3, 0.4) is 0 Å². The number of halogens is 1. The molecule has 0 bridgehead atoms. The molecule has 6 rings (SSSR count). The molecule has 4 aromatic carbocycles. The summed E-state index contributed by atoms with van der Waals surface area (Å²) in [7, 11) is 0. The lowest BCUT2D eigenvalue weighted by Crippen LogP contribution is -2.43. The van der Waals surface area contributed by atoms with Crippen molar-refractivity contribution >= 4 is 45.3 Å². The molecule has 0 atom stereocenters. The molecule has 4 nitrogen and oxygen atoms in total. The fourth-order valence-corrected chi connectivity index (χ4v) is 4.78. The van der Waals surface area contributed by atoms with Gasteiger partial charge in [-0.25, -0.2) is 0 Å². The number of fused-ring (bicyclic) bond motifs is 2. The van der Waals surface area contributed by atoms with Crippen LogP contribution in [0.2, 0.25) is 0 Å². The van der Waals surface area contributed by atoms with Crippen LogP contribution in [-0.4, -0.2) is 52.4 Å². The van der Waals surface area contributed by atoms with E-state index in [1.54, 1.807) is 0 Å². The summed E-state index contributed by atoms with van der Waals surface area (Å²) in [5.74, 6) is 0. The number of rotatable bonds is 2. The predicted molar refractivity (Wildman–Crippen MR) is 145 cm³/mol. The van der Waals surface area contributed by atoms with E-state index < -0.39 is 0 Å². The van der Waals surface area contributed by atoms with Gasteiger partial charge in [-0.1, -0.05) is 72.8 Å². The zero-order valence-corrected chi connectivity index (χ0v) is 19.9. The van der Waals surface area contributed by atoms with Gasteiger partial charge in [0.05, 0.1) is 0 Å². The van der Waals surface area contributed by atoms with Gasteiger partial charge in [-0.2, -0.15) is 0 Å².